The van der Waals surface area contributed by atoms with Gasteiger partial charge in [0, 0.05) is 23.8 Å². The highest BCUT2D eigenvalue weighted by molar-refractivity contribution is 7.90. The van der Waals surface area contributed by atoms with Crippen LogP contribution in [0.15, 0.2) is 53.4 Å². The fraction of sp³-hybridized carbons (Fsp3) is 0.235. The van der Waals surface area contributed by atoms with Crippen molar-refractivity contribution in [3.63, 3.8) is 0 Å². The van der Waals surface area contributed by atoms with E-state index >= 15 is 0 Å². The predicted octanol–water partition coefficient (Wildman–Crippen LogP) is 2.34. The van der Waals surface area contributed by atoms with Crippen molar-refractivity contribution >= 4 is 15.7 Å². The van der Waals surface area contributed by atoms with Gasteiger partial charge >= 0.3 is 0 Å². The quantitative estimate of drug-likeness (QED) is 0.937. The van der Waals surface area contributed by atoms with Crippen LogP contribution in [0.1, 0.15) is 28.4 Å². The van der Waals surface area contributed by atoms with Gasteiger partial charge in [-0.3, -0.25) is 4.79 Å². The van der Waals surface area contributed by atoms with E-state index in [4.69, 9.17) is 4.74 Å². The molecule has 1 aliphatic heterocycles. The van der Waals surface area contributed by atoms with E-state index in [2.05, 4.69) is 5.32 Å². The molecule has 1 N–H and O–H groups in total. The molecule has 0 spiro atoms. The highest BCUT2D eigenvalue weighted by Gasteiger charge is 2.23. The molecule has 0 unspecified atom stereocenters. The Kier molecular flexibility index (Phi) is 4.09. The van der Waals surface area contributed by atoms with Crippen molar-refractivity contribution in [1.82, 2.24) is 5.32 Å². The third-order valence-corrected chi connectivity index (χ3v) is 4.94. The summed E-state index contributed by atoms with van der Waals surface area (Å²) in [6, 6.07) is 13.5. The van der Waals surface area contributed by atoms with Crippen molar-refractivity contribution in [1.29, 1.82) is 0 Å². The molecular weight excluding hydrogens is 314 g/mol. The molecule has 23 heavy (non-hydrogen) atoms. The normalized spacial score (nSPS) is 17.0. The summed E-state index contributed by atoms with van der Waals surface area (Å²) in [6.45, 7) is 0.551. The van der Waals surface area contributed by atoms with E-state index in [1.807, 2.05) is 24.3 Å². The second-order valence-corrected chi connectivity index (χ2v) is 7.51. The first-order valence-corrected chi connectivity index (χ1v) is 9.17. The van der Waals surface area contributed by atoms with Crippen LogP contribution in [0.3, 0.4) is 0 Å². The average molecular weight is 331 g/mol. The van der Waals surface area contributed by atoms with Gasteiger partial charge in [0.2, 0.25) is 0 Å². The molecule has 3 rings (SSSR count). The molecule has 0 bridgehead atoms. The van der Waals surface area contributed by atoms with Crippen LogP contribution in [-0.2, 0) is 9.84 Å². The van der Waals surface area contributed by atoms with E-state index in [0.717, 1.165) is 17.6 Å². The van der Waals surface area contributed by atoms with Crippen molar-refractivity contribution in [2.75, 3.05) is 12.9 Å². The molecular formula is C17H17NO4S. The molecule has 0 aromatic heterocycles. The number of hydrogen-bond acceptors (Lipinski definition) is 4. The van der Waals surface area contributed by atoms with Crippen LogP contribution in [0.4, 0.5) is 0 Å². The van der Waals surface area contributed by atoms with Gasteiger partial charge in [-0.25, -0.2) is 8.42 Å². The molecule has 6 heteroatoms. The van der Waals surface area contributed by atoms with Crippen molar-refractivity contribution in [3.05, 3.63) is 59.7 Å². The lowest BCUT2D eigenvalue weighted by Gasteiger charge is -2.26. The highest BCUT2D eigenvalue weighted by Crippen LogP contribution is 2.31. The highest BCUT2D eigenvalue weighted by atomic mass is 32.2. The molecule has 0 saturated carbocycles. The van der Waals surface area contributed by atoms with Crippen molar-refractivity contribution < 1.29 is 17.9 Å². The van der Waals surface area contributed by atoms with Crippen molar-refractivity contribution in [3.8, 4) is 5.75 Å². The fourth-order valence-corrected chi connectivity index (χ4v) is 3.22. The largest absolute Gasteiger partial charge is 0.493 e. The van der Waals surface area contributed by atoms with Crippen LogP contribution < -0.4 is 10.1 Å². The maximum atomic E-state index is 12.4. The minimum absolute atomic E-state index is 0.109. The molecule has 5 nitrogen and oxygen atoms in total. The number of carbonyl (C=O) groups is 1. The first-order chi connectivity index (χ1) is 10.9. The Morgan fingerprint density at radius 1 is 1.13 bits per heavy atom. The maximum Gasteiger partial charge on any atom is 0.251 e. The Morgan fingerprint density at radius 2 is 1.83 bits per heavy atom. The van der Waals surface area contributed by atoms with Gasteiger partial charge in [0.25, 0.3) is 5.91 Å². The zero-order valence-corrected chi connectivity index (χ0v) is 13.5. The Balaban J connectivity index is 1.78. The Morgan fingerprint density at radius 3 is 2.52 bits per heavy atom. The summed E-state index contributed by atoms with van der Waals surface area (Å²) in [5, 5.41) is 2.98. The number of rotatable bonds is 3. The van der Waals surface area contributed by atoms with Crippen LogP contribution in [0, 0.1) is 0 Å². The van der Waals surface area contributed by atoms with Gasteiger partial charge in [0.15, 0.2) is 9.84 Å². The summed E-state index contributed by atoms with van der Waals surface area (Å²) < 4.78 is 28.5. The lowest BCUT2D eigenvalue weighted by Crippen LogP contribution is -2.32. The van der Waals surface area contributed by atoms with Gasteiger partial charge in [0.05, 0.1) is 17.5 Å². The molecule has 1 aliphatic rings. The lowest BCUT2D eigenvalue weighted by atomic mass is 10.00. The minimum Gasteiger partial charge on any atom is -0.493 e. The summed E-state index contributed by atoms with van der Waals surface area (Å²) in [6.07, 6.45) is 1.84. The molecule has 1 heterocycles. The van der Waals surface area contributed by atoms with E-state index in [0.29, 0.717) is 18.6 Å². The summed E-state index contributed by atoms with van der Waals surface area (Å²) in [4.78, 5) is 12.6. The molecule has 2 aromatic rings. The molecule has 0 saturated heterocycles. The lowest BCUT2D eigenvalue weighted by molar-refractivity contribution is 0.0924. The molecule has 2 aromatic carbocycles. The van der Waals surface area contributed by atoms with Crippen LogP contribution >= 0.6 is 0 Å². The minimum atomic E-state index is -3.26. The third-order valence-electron chi connectivity index (χ3n) is 3.81. The standard InChI is InChI=1S/C17H17NO4S/c1-23(20,21)13-8-6-12(7-9-13)17(19)18-15-10-11-22-16-5-3-2-4-14(15)16/h2-9,15H,10-11H2,1H3,(H,18,19)/t15-/m1/s1. The van der Waals surface area contributed by atoms with Crippen LogP contribution in [-0.4, -0.2) is 27.2 Å². The van der Waals surface area contributed by atoms with Gasteiger partial charge in [-0.15, -0.1) is 0 Å². The third kappa shape index (κ3) is 3.37. The molecule has 0 aliphatic carbocycles. The number of ether oxygens (including phenoxy) is 1. The predicted molar refractivity (Wildman–Crippen MR) is 86.3 cm³/mol. The maximum absolute atomic E-state index is 12.4. The Labute approximate surface area is 135 Å². The second kappa shape index (κ2) is 6.04. The van der Waals surface area contributed by atoms with Crippen molar-refractivity contribution in [2.24, 2.45) is 0 Å². The molecule has 0 radical (unpaired) electrons. The first kappa shape index (κ1) is 15.6. The topological polar surface area (TPSA) is 72.5 Å². The van der Waals surface area contributed by atoms with E-state index in [9.17, 15) is 13.2 Å². The van der Waals surface area contributed by atoms with E-state index in [1.165, 1.54) is 24.3 Å². The smallest absolute Gasteiger partial charge is 0.251 e. The van der Waals surface area contributed by atoms with E-state index in [-0.39, 0.29) is 16.8 Å². The van der Waals surface area contributed by atoms with Gasteiger partial charge in [0.1, 0.15) is 5.75 Å². The number of sulfone groups is 1. The number of hydrogen-bond donors (Lipinski definition) is 1. The first-order valence-electron chi connectivity index (χ1n) is 7.28. The number of amides is 1. The van der Waals surface area contributed by atoms with E-state index < -0.39 is 9.84 Å². The van der Waals surface area contributed by atoms with Crippen LogP contribution in [0.5, 0.6) is 5.75 Å². The van der Waals surface area contributed by atoms with E-state index in [1.54, 1.807) is 0 Å². The summed E-state index contributed by atoms with van der Waals surface area (Å²) in [7, 11) is -3.26. The monoisotopic (exact) mass is 331 g/mol. The van der Waals surface area contributed by atoms with Gasteiger partial charge in [-0.1, -0.05) is 18.2 Å². The molecule has 0 fully saturated rings. The second-order valence-electron chi connectivity index (χ2n) is 5.50. The van der Waals surface area contributed by atoms with Gasteiger partial charge < -0.3 is 10.1 Å². The fourth-order valence-electron chi connectivity index (χ4n) is 2.59. The summed E-state index contributed by atoms with van der Waals surface area (Å²) in [5.74, 6) is 0.559. The zero-order chi connectivity index (χ0) is 16.4. The summed E-state index contributed by atoms with van der Waals surface area (Å²) in [5.41, 5.74) is 1.39. The number of nitrogens with one attached hydrogen (secondary N) is 1. The number of fused-ring (bicyclic) bond motifs is 1. The van der Waals surface area contributed by atoms with Gasteiger partial charge in [-0.2, -0.15) is 0 Å². The molecule has 1 amide bonds. The molecule has 120 valence electrons. The number of carbonyl (C=O) groups excluding carboxylic acids is 1. The zero-order valence-electron chi connectivity index (χ0n) is 12.7. The van der Waals surface area contributed by atoms with Crippen molar-refractivity contribution in [2.45, 2.75) is 17.4 Å². The summed E-state index contributed by atoms with van der Waals surface area (Å²) >= 11 is 0. The number of para-hydroxylation sites is 1. The Hall–Kier alpha value is -2.34. The number of benzene rings is 2. The van der Waals surface area contributed by atoms with Gasteiger partial charge in [-0.05, 0) is 30.3 Å². The average Bonchev–Trinajstić information content (AvgIpc) is 2.54. The molecule has 1 atom stereocenters. The Bertz CT molecular complexity index is 828. The van der Waals surface area contributed by atoms with Crippen LogP contribution in [0.25, 0.3) is 0 Å². The van der Waals surface area contributed by atoms with Crippen LogP contribution in [0.2, 0.25) is 0 Å². The SMILES string of the molecule is CS(=O)(=O)c1ccc(C(=O)N[C@@H]2CCOc3ccccc32)cc1.